The van der Waals surface area contributed by atoms with Gasteiger partial charge in [-0.1, -0.05) is 19.1 Å². The molecule has 0 aliphatic rings. The second kappa shape index (κ2) is 15.4. The van der Waals surface area contributed by atoms with Crippen LogP contribution in [0.2, 0.25) is 0 Å². The van der Waals surface area contributed by atoms with E-state index in [2.05, 4.69) is 40.9 Å². The number of amides is 1. The molecule has 1 rings (SSSR count). The van der Waals surface area contributed by atoms with Crippen LogP contribution in [0.1, 0.15) is 38.3 Å². The van der Waals surface area contributed by atoms with Crippen LogP contribution in [0, 0.1) is 6.92 Å². The summed E-state index contributed by atoms with van der Waals surface area (Å²) in [7, 11) is 1.60. The fourth-order valence-corrected chi connectivity index (χ4v) is 2.23. The first-order valence-corrected chi connectivity index (χ1v) is 9.54. The number of methoxy groups -OCH3 is 1. The number of benzene rings is 1. The number of nitrogens with zero attached hydrogens (tertiary/aromatic N) is 1. The van der Waals surface area contributed by atoms with E-state index in [-0.39, 0.29) is 42.5 Å². The molecule has 1 aromatic carbocycles. The van der Waals surface area contributed by atoms with Crippen molar-refractivity contribution >= 4 is 35.8 Å². The molecule has 0 aromatic heterocycles. The Balaban J connectivity index is 0.00000729. The topological polar surface area (TPSA) is 84.0 Å². The van der Waals surface area contributed by atoms with Crippen LogP contribution in [0.5, 0.6) is 5.75 Å². The summed E-state index contributed by atoms with van der Waals surface area (Å²) in [6.45, 7) is 10.5. The second-order valence-electron chi connectivity index (χ2n) is 6.34. The van der Waals surface area contributed by atoms with Crippen molar-refractivity contribution in [3.63, 3.8) is 0 Å². The Morgan fingerprint density at radius 3 is 2.61 bits per heavy atom. The summed E-state index contributed by atoms with van der Waals surface area (Å²) in [5.41, 5.74) is 2.17. The Hall–Kier alpha value is -1.55. The summed E-state index contributed by atoms with van der Waals surface area (Å²) >= 11 is 0. The van der Waals surface area contributed by atoms with E-state index in [1.165, 1.54) is 0 Å². The van der Waals surface area contributed by atoms with Crippen LogP contribution in [0.25, 0.3) is 0 Å². The zero-order valence-electron chi connectivity index (χ0n) is 17.6. The molecular weight excluding hydrogens is 471 g/mol. The van der Waals surface area contributed by atoms with Gasteiger partial charge in [0.1, 0.15) is 5.75 Å². The van der Waals surface area contributed by atoms with Crippen molar-refractivity contribution in [3.05, 3.63) is 29.3 Å². The average Bonchev–Trinajstić information content (AvgIpc) is 2.65. The number of carbonyl (C=O) groups excluding carboxylic acids is 1. The fourth-order valence-electron chi connectivity index (χ4n) is 2.23. The Morgan fingerprint density at radius 2 is 1.96 bits per heavy atom. The Morgan fingerprint density at radius 1 is 1.21 bits per heavy atom. The van der Waals surface area contributed by atoms with Crippen LogP contribution in [-0.4, -0.2) is 51.3 Å². The van der Waals surface area contributed by atoms with E-state index in [9.17, 15) is 4.79 Å². The van der Waals surface area contributed by atoms with Crippen LogP contribution in [0.15, 0.2) is 23.2 Å². The van der Waals surface area contributed by atoms with Crippen LogP contribution in [-0.2, 0) is 16.1 Å². The van der Waals surface area contributed by atoms with E-state index in [4.69, 9.17) is 9.47 Å². The molecule has 0 fully saturated rings. The molecule has 3 N–H and O–H groups in total. The van der Waals surface area contributed by atoms with E-state index in [1.54, 1.807) is 7.11 Å². The number of aliphatic imine (C=N–C) groups is 1. The van der Waals surface area contributed by atoms with E-state index < -0.39 is 0 Å². The van der Waals surface area contributed by atoms with E-state index >= 15 is 0 Å². The van der Waals surface area contributed by atoms with Gasteiger partial charge in [-0.15, -0.1) is 24.0 Å². The fraction of sp³-hybridized carbons (Fsp3) is 0.600. The van der Waals surface area contributed by atoms with Crippen molar-refractivity contribution in [2.45, 2.75) is 46.8 Å². The average molecular weight is 506 g/mol. The third-order valence-corrected chi connectivity index (χ3v) is 3.92. The molecule has 0 radical (unpaired) electrons. The predicted molar refractivity (Wildman–Crippen MR) is 125 cm³/mol. The molecule has 0 heterocycles. The van der Waals surface area contributed by atoms with Gasteiger partial charge in [0, 0.05) is 25.8 Å². The molecule has 28 heavy (non-hydrogen) atoms. The maximum atomic E-state index is 11.8. The number of hydrogen-bond acceptors (Lipinski definition) is 4. The van der Waals surface area contributed by atoms with Gasteiger partial charge in [0.25, 0.3) is 0 Å². The first-order valence-electron chi connectivity index (χ1n) is 9.54. The van der Waals surface area contributed by atoms with Crippen LogP contribution >= 0.6 is 24.0 Å². The molecule has 0 saturated heterocycles. The number of rotatable bonds is 11. The summed E-state index contributed by atoms with van der Waals surface area (Å²) in [5.74, 6) is 1.35. The van der Waals surface area contributed by atoms with E-state index in [1.807, 2.05) is 26.0 Å². The SMILES string of the molecule is CCNC(=NCc1ccc(C)cc1OC(C)CC)NCC(=O)NCCOC.I. The molecule has 0 spiro atoms. The lowest BCUT2D eigenvalue weighted by atomic mass is 10.1. The van der Waals surface area contributed by atoms with E-state index in [0.29, 0.717) is 32.2 Å². The highest BCUT2D eigenvalue weighted by Gasteiger charge is 2.09. The van der Waals surface area contributed by atoms with Crippen LogP contribution in [0.4, 0.5) is 0 Å². The number of ether oxygens (including phenoxy) is 2. The first kappa shape index (κ1) is 26.4. The number of hydrogen-bond donors (Lipinski definition) is 3. The van der Waals surface area contributed by atoms with Gasteiger partial charge < -0.3 is 25.4 Å². The Kier molecular flexibility index (Phi) is 14.5. The number of nitrogens with one attached hydrogen (secondary N) is 3. The molecule has 1 amide bonds. The highest BCUT2D eigenvalue weighted by molar-refractivity contribution is 14.0. The number of aryl methyl sites for hydroxylation is 1. The van der Waals surface area contributed by atoms with Gasteiger partial charge in [-0.3, -0.25) is 4.79 Å². The van der Waals surface area contributed by atoms with Crippen molar-refractivity contribution in [1.82, 2.24) is 16.0 Å². The minimum absolute atomic E-state index is 0. The van der Waals surface area contributed by atoms with Crippen molar-refractivity contribution in [2.24, 2.45) is 4.99 Å². The van der Waals surface area contributed by atoms with Gasteiger partial charge in [-0.05, 0) is 38.8 Å². The van der Waals surface area contributed by atoms with Crippen molar-refractivity contribution in [2.75, 3.05) is 33.4 Å². The monoisotopic (exact) mass is 506 g/mol. The normalized spacial score (nSPS) is 12.0. The van der Waals surface area contributed by atoms with Gasteiger partial charge in [-0.25, -0.2) is 4.99 Å². The molecular formula is C20H35IN4O3. The highest BCUT2D eigenvalue weighted by Crippen LogP contribution is 2.23. The minimum atomic E-state index is -0.103. The zero-order chi connectivity index (χ0) is 20.1. The number of carbonyl (C=O) groups is 1. The Bertz CT molecular complexity index is 611. The third-order valence-electron chi connectivity index (χ3n) is 3.92. The summed E-state index contributed by atoms with van der Waals surface area (Å²) in [6.07, 6.45) is 1.09. The lowest BCUT2D eigenvalue weighted by Crippen LogP contribution is -2.43. The van der Waals surface area contributed by atoms with Gasteiger partial charge in [0.05, 0.1) is 25.8 Å². The second-order valence-corrected chi connectivity index (χ2v) is 6.34. The van der Waals surface area contributed by atoms with Crippen molar-refractivity contribution in [3.8, 4) is 5.75 Å². The lowest BCUT2D eigenvalue weighted by Gasteiger charge is -2.17. The van der Waals surface area contributed by atoms with Crippen LogP contribution < -0.4 is 20.7 Å². The molecule has 0 aliphatic heterocycles. The molecule has 7 nitrogen and oxygen atoms in total. The van der Waals surface area contributed by atoms with Gasteiger partial charge in [-0.2, -0.15) is 0 Å². The van der Waals surface area contributed by atoms with Gasteiger partial charge in [0.15, 0.2) is 5.96 Å². The maximum Gasteiger partial charge on any atom is 0.239 e. The third kappa shape index (κ3) is 10.7. The summed E-state index contributed by atoms with van der Waals surface area (Å²) < 4.78 is 11.0. The minimum Gasteiger partial charge on any atom is -0.490 e. The van der Waals surface area contributed by atoms with Crippen molar-refractivity contribution < 1.29 is 14.3 Å². The van der Waals surface area contributed by atoms with Gasteiger partial charge >= 0.3 is 0 Å². The first-order chi connectivity index (χ1) is 13.0. The standard InChI is InChI=1S/C20H34N4O3.HI/c1-6-16(4)27-18-12-15(3)8-9-17(18)13-23-20(21-7-2)24-14-19(25)22-10-11-26-5;/h8-9,12,16H,6-7,10-11,13-14H2,1-5H3,(H,22,25)(H2,21,23,24);1H. The highest BCUT2D eigenvalue weighted by atomic mass is 127. The molecule has 1 aromatic rings. The zero-order valence-corrected chi connectivity index (χ0v) is 20.0. The molecule has 160 valence electrons. The maximum absolute atomic E-state index is 11.8. The van der Waals surface area contributed by atoms with Gasteiger partial charge in [0.2, 0.25) is 5.91 Å². The molecule has 0 saturated carbocycles. The molecule has 1 unspecified atom stereocenters. The Labute approximate surface area is 186 Å². The summed E-state index contributed by atoms with van der Waals surface area (Å²) in [4.78, 5) is 16.4. The van der Waals surface area contributed by atoms with Crippen molar-refractivity contribution in [1.29, 1.82) is 0 Å². The molecule has 0 aliphatic carbocycles. The summed E-state index contributed by atoms with van der Waals surface area (Å²) in [5, 5.41) is 8.97. The predicted octanol–water partition coefficient (Wildman–Crippen LogP) is 2.61. The summed E-state index contributed by atoms with van der Waals surface area (Å²) in [6, 6.07) is 6.14. The molecule has 8 heteroatoms. The molecule has 1 atom stereocenters. The van der Waals surface area contributed by atoms with E-state index in [0.717, 1.165) is 23.3 Å². The van der Waals surface area contributed by atoms with Crippen LogP contribution in [0.3, 0.4) is 0 Å². The number of halogens is 1. The molecule has 0 bridgehead atoms. The largest absolute Gasteiger partial charge is 0.490 e. The number of guanidine groups is 1. The lowest BCUT2D eigenvalue weighted by molar-refractivity contribution is -0.120. The smallest absolute Gasteiger partial charge is 0.239 e. The quantitative estimate of drug-likeness (QED) is 0.186.